The second-order valence-electron chi connectivity index (χ2n) is 5.36. The van der Waals surface area contributed by atoms with Crippen molar-refractivity contribution in [2.24, 2.45) is 11.7 Å². The van der Waals surface area contributed by atoms with Crippen LogP contribution in [-0.2, 0) is 4.79 Å². The Balaban J connectivity index is 1.94. The van der Waals surface area contributed by atoms with Crippen LogP contribution in [0.4, 0.5) is 4.39 Å². The molecule has 0 saturated carbocycles. The molecule has 0 spiro atoms. The number of benzene rings is 1. The Labute approximate surface area is 113 Å². The Morgan fingerprint density at radius 1 is 1.53 bits per heavy atom. The topological polar surface area (TPSA) is 46.3 Å². The van der Waals surface area contributed by atoms with Crippen LogP contribution < -0.4 is 5.73 Å². The molecule has 0 aliphatic carbocycles. The summed E-state index contributed by atoms with van der Waals surface area (Å²) in [6.45, 7) is 4.06. The summed E-state index contributed by atoms with van der Waals surface area (Å²) < 4.78 is 13.6. The fraction of sp³-hybridized carbons (Fsp3) is 0.533. The van der Waals surface area contributed by atoms with E-state index in [9.17, 15) is 9.18 Å². The van der Waals surface area contributed by atoms with Crippen molar-refractivity contribution in [2.75, 3.05) is 19.6 Å². The fourth-order valence-corrected chi connectivity index (χ4v) is 2.63. The van der Waals surface area contributed by atoms with Gasteiger partial charge in [0.1, 0.15) is 5.82 Å². The number of hydrogen-bond acceptors (Lipinski definition) is 2. The summed E-state index contributed by atoms with van der Waals surface area (Å²) in [5.41, 5.74) is 6.24. The second kappa shape index (κ2) is 6.15. The van der Waals surface area contributed by atoms with Crippen molar-refractivity contribution in [3.63, 3.8) is 0 Å². The smallest absolute Gasteiger partial charge is 0.223 e. The number of hydrogen-bond donors (Lipinski definition) is 1. The minimum atomic E-state index is -0.232. The fourth-order valence-electron chi connectivity index (χ4n) is 2.63. The molecule has 1 aromatic carbocycles. The number of nitrogens with two attached hydrogens (primary N) is 1. The molecular weight excluding hydrogens is 243 g/mol. The summed E-state index contributed by atoms with van der Waals surface area (Å²) in [6, 6.07) is 6.66. The van der Waals surface area contributed by atoms with Gasteiger partial charge in [0.05, 0.1) is 0 Å². The summed E-state index contributed by atoms with van der Waals surface area (Å²) in [4.78, 5) is 14.0. The van der Waals surface area contributed by atoms with E-state index < -0.39 is 0 Å². The molecule has 104 valence electrons. The highest BCUT2D eigenvalue weighted by Crippen LogP contribution is 2.24. The van der Waals surface area contributed by atoms with E-state index in [0.717, 1.165) is 19.5 Å². The van der Waals surface area contributed by atoms with Gasteiger partial charge in [-0.25, -0.2) is 4.39 Å². The zero-order valence-electron chi connectivity index (χ0n) is 11.3. The number of nitrogens with zero attached hydrogens (tertiary/aromatic N) is 1. The lowest BCUT2D eigenvalue weighted by molar-refractivity contribution is -0.130. The van der Waals surface area contributed by atoms with Gasteiger partial charge in [0.2, 0.25) is 5.91 Å². The molecule has 1 aliphatic rings. The molecule has 1 saturated heterocycles. The van der Waals surface area contributed by atoms with Gasteiger partial charge in [0.15, 0.2) is 0 Å². The van der Waals surface area contributed by atoms with Gasteiger partial charge in [-0.3, -0.25) is 4.79 Å². The molecule has 0 aromatic heterocycles. The number of halogens is 1. The molecule has 4 heteroatoms. The Bertz CT molecular complexity index is 450. The van der Waals surface area contributed by atoms with Crippen LogP contribution >= 0.6 is 0 Å². The lowest BCUT2D eigenvalue weighted by Crippen LogP contribution is -2.30. The Morgan fingerprint density at radius 3 is 2.89 bits per heavy atom. The summed E-state index contributed by atoms with van der Waals surface area (Å²) in [5.74, 6) is 0.203. The molecule has 2 rings (SSSR count). The average Bonchev–Trinajstić information content (AvgIpc) is 2.88. The molecular formula is C15H21FN2O. The van der Waals surface area contributed by atoms with E-state index in [2.05, 4.69) is 0 Å². The molecule has 3 nitrogen and oxygen atoms in total. The van der Waals surface area contributed by atoms with E-state index in [1.807, 2.05) is 11.8 Å². The molecule has 1 amide bonds. The molecule has 1 aliphatic heterocycles. The molecule has 0 bridgehead atoms. The summed E-state index contributed by atoms with van der Waals surface area (Å²) in [5, 5.41) is 0. The molecule has 0 unspecified atom stereocenters. The van der Waals surface area contributed by atoms with E-state index in [0.29, 0.717) is 24.4 Å². The van der Waals surface area contributed by atoms with Gasteiger partial charge in [0.25, 0.3) is 0 Å². The van der Waals surface area contributed by atoms with Gasteiger partial charge >= 0.3 is 0 Å². The lowest BCUT2D eigenvalue weighted by Gasteiger charge is -2.19. The Hall–Kier alpha value is -1.42. The average molecular weight is 264 g/mol. The first-order valence-corrected chi connectivity index (χ1v) is 6.84. The quantitative estimate of drug-likeness (QED) is 0.905. The Kier molecular flexibility index (Phi) is 4.53. The molecule has 0 radical (unpaired) electrons. The zero-order valence-corrected chi connectivity index (χ0v) is 11.3. The van der Waals surface area contributed by atoms with E-state index >= 15 is 0 Å². The SMILES string of the molecule is C[C@@H](CC(=O)N1CC[C@H](CN)C1)c1ccccc1F. The third-order valence-corrected chi connectivity index (χ3v) is 3.89. The van der Waals surface area contributed by atoms with Gasteiger partial charge in [-0.1, -0.05) is 25.1 Å². The molecule has 1 heterocycles. The van der Waals surface area contributed by atoms with Gasteiger partial charge in [0, 0.05) is 19.5 Å². The van der Waals surface area contributed by atoms with Gasteiger partial charge in [-0.15, -0.1) is 0 Å². The van der Waals surface area contributed by atoms with Crippen LogP contribution in [0.25, 0.3) is 0 Å². The largest absolute Gasteiger partial charge is 0.342 e. The number of carbonyl (C=O) groups is 1. The molecule has 1 aromatic rings. The summed E-state index contributed by atoms with van der Waals surface area (Å²) >= 11 is 0. The highest BCUT2D eigenvalue weighted by Gasteiger charge is 2.26. The van der Waals surface area contributed by atoms with Crippen LogP contribution in [0.3, 0.4) is 0 Å². The van der Waals surface area contributed by atoms with E-state index in [4.69, 9.17) is 5.73 Å². The highest BCUT2D eigenvalue weighted by molar-refractivity contribution is 5.77. The van der Waals surface area contributed by atoms with E-state index in [1.54, 1.807) is 18.2 Å². The minimum Gasteiger partial charge on any atom is -0.342 e. The molecule has 19 heavy (non-hydrogen) atoms. The predicted octanol–water partition coefficient (Wildman–Crippen LogP) is 2.13. The monoisotopic (exact) mass is 264 g/mol. The lowest BCUT2D eigenvalue weighted by atomic mass is 9.96. The van der Waals surface area contributed by atoms with Crippen LogP contribution in [-0.4, -0.2) is 30.4 Å². The maximum Gasteiger partial charge on any atom is 0.223 e. The van der Waals surface area contributed by atoms with Gasteiger partial charge in [-0.05, 0) is 36.4 Å². The van der Waals surface area contributed by atoms with Crippen molar-refractivity contribution >= 4 is 5.91 Å². The van der Waals surface area contributed by atoms with Crippen molar-refractivity contribution in [3.8, 4) is 0 Å². The van der Waals surface area contributed by atoms with E-state index in [1.165, 1.54) is 6.07 Å². The summed E-state index contributed by atoms with van der Waals surface area (Å²) in [7, 11) is 0. The summed E-state index contributed by atoms with van der Waals surface area (Å²) in [6.07, 6.45) is 1.34. The maximum absolute atomic E-state index is 13.6. The van der Waals surface area contributed by atoms with Crippen molar-refractivity contribution < 1.29 is 9.18 Å². The van der Waals surface area contributed by atoms with Crippen molar-refractivity contribution in [1.29, 1.82) is 0 Å². The van der Waals surface area contributed by atoms with Crippen LogP contribution in [0, 0.1) is 11.7 Å². The third-order valence-electron chi connectivity index (χ3n) is 3.89. The van der Waals surface area contributed by atoms with Crippen LogP contribution in [0.1, 0.15) is 31.2 Å². The minimum absolute atomic E-state index is 0.0920. The van der Waals surface area contributed by atoms with Crippen LogP contribution in [0.2, 0.25) is 0 Å². The third kappa shape index (κ3) is 3.32. The molecule has 2 atom stereocenters. The Morgan fingerprint density at radius 2 is 2.26 bits per heavy atom. The van der Waals surface area contributed by atoms with Crippen molar-refractivity contribution in [1.82, 2.24) is 4.90 Å². The van der Waals surface area contributed by atoms with Gasteiger partial charge < -0.3 is 10.6 Å². The van der Waals surface area contributed by atoms with Crippen LogP contribution in [0.15, 0.2) is 24.3 Å². The maximum atomic E-state index is 13.6. The first-order valence-electron chi connectivity index (χ1n) is 6.84. The number of carbonyl (C=O) groups excluding carboxylic acids is 1. The normalized spacial score (nSPS) is 20.6. The van der Waals surface area contributed by atoms with Crippen molar-refractivity contribution in [3.05, 3.63) is 35.6 Å². The van der Waals surface area contributed by atoms with E-state index in [-0.39, 0.29) is 17.6 Å². The standard InChI is InChI=1S/C15H21FN2O/c1-11(13-4-2-3-5-14(13)16)8-15(19)18-7-6-12(9-17)10-18/h2-5,11-12H,6-10,17H2,1H3/t11-,12+/m0/s1. The van der Waals surface area contributed by atoms with Crippen molar-refractivity contribution in [2.45, 2.75) is 25.7 Å². The number of likely N-dealkylation sites (tertiary alicyclic amines) is 1. The highest BCUT2D eigenvalue weighted by atomic mass is 19.1. The zero-order chi connectivity index (χ0) is 13.8. The number of rotatable bonds is 4. The van der Waals surface area contributed by atoms with Gasteiger partial charge in [-0.2, -0.15) is 0 Å². The first-order chi connectivity index (χ1) is 9.11. The molecule has 2 N–H and O–H groups in total. The predicted molar refractivity (Wildman–Crippen MR) is 73.2 cm³/mol. The first kappa shape index (κ1) is 14.0. The number of amides is 1. The molecule has 1 fully saturated rings. The second-order valence-corrected chi connectivity index (χ2v) is 5.36. The van der Waals surface area contributed by atoms with Crippen LogP contribution in [0.5, 0.6) is 0 Å².